The molecular weight excluding hydrogens is 259 g/mol. The van der Waals surface area contributed by atoms with Gasteiger partial charge in [-0.3, -0.25) is 9.53 Å². The van der Waals surface area contributed by atoms with Crippen LogP contribution in [0.5, 0.6) is 0 Å². The third-order valence-electron chi connectivity index (χ3n) is 2.75. The third kappa shape index (κ3) is 4.55. The number of halogens is 3. The van der Waals surface area contributed by atoms with Crippen LogP contribution >= 0.6 is 0 Å². The number of hydrogen-bond donors (Lipinski definition) is 1. The number of carbonyl (C=O) groups is 1. The first-order valence-corrected chi connectivity index (χ1v) is 5.90. The molecule has 0 spiro atoms. The molecule has 19 heavy (non-hydrogen) atoms. The van der Waals surface area contributed by atoms with Gasteiger partial charge in [0.1, 0.15) is 0 Å². The molecule has 0 aliphatic heterocycles. The van der Waals surface area contributed by atoms with E-state index in [9.17, 15) is 18.0 Å². The van der Waals surface area contributed by atoms with Crippen molar-refractivity contribution in [3.8, 4) is 0 Å². The first kappa shape index (κ1) is 15.5. The summed E-state index contributed by atoms with van der Waals surface area (Å²) in [7, 11) is 0. The van der Waals surface area contributed by atoms with E-state index >= 15 is 0 Å². The highest BCUT2D eigenvalue weighted by molar-refractivity contribution is 5.84. The van der Waals surface area contributed by atoms with Gasteiger partial charge in [0.25, 0.3) is 0 Å². The minimum absolute atomic E-state index is 0.0866. The average Bonchev–Trinajstić information content (AvgIpc) is 2.28. The molecule has 0 aliphatic carbocycles. The van der Waals surface area contributed by atoms with Crippen LogP contribution in [0.15, 0.2) is 30.3 Å². The quantitative estimate of drug-likeness (QED) is 0.868. The van der Waals surface area contributed by atoms with Crippen molar-refractivity contribution in [3.05, 3.63) is 35.9 Å². The zero-order valence-electron chi connectivity index (χ0n) is 10.5. The lowest BCUT2D eigenvalue weighted by atomic mass is 9.89. The number of rotatable bonds is 6. The second kappa shape index (κ2) is 6.06. The number of alkyl halides is 3. The van der Waals surface area contributed by atoms with Crippen molar-refractivity contribution in [2.75, 3.05) is 0 Å². The van der Waals surface area contributed by atoms with Crippen molar-refractivity contribution in [1.29, 1.82) is 0 Å². The Bertz CT molecular complexity index is 420. The Labute approximate surface area is 109 Å². The Balaban J connectivity index is 3.05. The van der Waals surface area contributed by atoms with E-state index in [4.69, 9.17) is 5.73 Å². The maximum atomic E-state index is 12.5. The van der Waals surface area contributed by atoms with E-state index < -0.39 is 17.9 Å². The second-order valence-corrected chi connectivity index (χ2v) is 4.32. The van der Waals surface area contributed by atoms with Crippen LogP contribution in [0.4, 0.5) is 13.2 Å². The fourth-order valence-electron chi connectivity index (χ4n) is 1.99. The number of amides is 1. The molecule has 1 aromatic carbocycles. The van der Waals surface area contributed by atoms with Crippen molar-refractivity contribution >= 4 is 5.91 Å². The van der Waals surface area contributed by atoms with Crippen molar-refractivity contribution in [2.45, 2.75) is 38.1 Å². The highest BCUT2D eigenvalue weighted by Gasteiger charge is 2.47. The molecule has 0 fully saturated rings. The number of primary amides is 1. The molecule has 0 bridgehead atoms. The molecule has 6 heteroatoms. The van der Waals surface area contributed by atoms with Gasteiger partial charge in [0.2, 0.25) is 5.91 Å². The summed E-state index contributed by atoms with van der Waals surface area (Å²) in [5, 5.41) is 0. The van der Waals surface area contributed by atoms with Crippen molar-refractivity contribution in [2.24, 2.45) is 5.73 Å². The topological polar surface area (TPSA) is 52.3 Å². The van der Waals surface area contributed by atoms with E-state index in [0.717, 1.165) is 0 Å². The van der Waals surface area contributed by atoms with E-state index in [1.165, 1.54) is 0 Å². The largest absolute Gasteiger partial charge is 0.523 e. The normalized spacial score (nSPS) is 14.9. The molecule has 1 atom stereocenters. The van der Waals surface area contributed by atoms with E-state index in [0.29, 0.717) is 12.0 Å². The molecule has 3 nitrogen and oxygen atoms in total. The fourth-order valence-corrected chi connectivity index (χ4v) is 1.99. The Kier molecular flexibility index (Phi) is 4.94. The smallest absolute Gasteiger partial charge is 0.367 e. The molecule has 1 rings (SSSR count). The highest BCUT2D eigenvalue weighted by Crippen LogP contribution is 2.31. The monoisotopic (exact) mass is 275 g/mol. The number of ether oxygens (including phenoxy) is 1. The summed E-state index contributed by atoms with van der Waals surface area (Å²) in [5.74, 6) is -1.10. The molecule has 0 saturated heterocycles. The maximum absolute atomic E-state index is 12.5. The standard InChI is InChI=1S/C13H16F3NO2/c1-2-8-12(11(17)18,19-13(14,15)16)9-10-6-4-3-5-7-10/h3-7H,2,8-9H2,1H3,(H2,17,18). The summed E-state index contributed by atoms with van der Waals surface area (Å²) in [4.78, 5) is 11.5. The molecule has 106 valence electrons. The lowest BCUT2D eigenvalue weighted by Gasteiger charge is -2.31. The van der Waals surface area contributed by atoms with Crippen LogP contribution in [0, 0.1) is 0 Å². The van der Waals surface area contributed by atoms with Crippen molar-refractivity contribution in [3.63, 3.8) is 0 Å². The van der Waals surface area contributed by atoms with Gasteiger partial charge in [0.05, 0.1) is 0 Å². The minimum atomic E-state index is -4.90. The van der Waals surface area contributed by atoms with Crippen molar-refractivity contribution in [1.82, 2.24) is 0 Å². The number of benzene rings is 1. The minimum Gasteiger partial charge on any atom is -0.367 e. The zero-order chi connectivity index (χ0) is 14.5. The van der Waals surface area contributed by atoms with Crippen LogP contribution in [-0.2, 0) is 16.0 Å². The Morgan fingerprint density at radius 3 is 2.26 bits per heavy atom. The van der Waals surface area contributed by atoms with E-state index in [1.807, 2.05) is 0 Å². The van der Waals surface area contributed by atoms with Gasteiger partial charge in [0.15, 0.2) is 5.60 Å². The molecule has 0 radical (unpaired) electrons. The van der Waals surface area contributed by atoms with Gasteiger partial charge >= 0.3 is 6.36 Å². The highest BCUT2D eigenvalue weighted by atomic mass is 19.4. The molecule has 2 N–H and O–H groups in total. The van der Waals surface area contributed by atoms with Gasteiger partial charge in [0, 0.05) is 6.42 Å². The molecule has 1 aromatic rings. The van der Waals surface area contributed by atoms with E-state index in [1.54, 1.807) is 37.3 Å². The lowest BCUT2D eigenvalue weighted by molar-refractivity contribution is -0.360. The van der Waals surface area contributed by atoms with Crippen LogP contribution in [0.3, 0.4) is 0 Å². The number of nitrogens with two attached hydrogens (primary N) is 1. The first-order chi connectivity index (χ1) is 8.79. The summed E-state index contributed by atoms with van der Waals surface area (Å²) in [6.07, 6.45) is -4.84. The summed E-state index contributed by atoms with van der Waals surface area (Å²) < 4.78 is 41.6. The number of carbonyl (C=O) groups excluding carboxylic acids is 1. The van der Waals surface area contributed by atoms with Gasteiger partial charge in [-0.2, -0.15) is 0 Å². The van der Waals surface area contributed by atoms with Crippen LogP contribution in [0.2, 0.25) is 0 Å². The molecule has 0 aliphatic rings. The molecule has 0 heterocycles. The van der Waals surface area contributed by atoms with Gasteiger partial charge in [-0.1, -0.05) is 43.7 Å². The zero-order valence-corrected chi connectivity index (χ0v) is 10.5. The van der Waals surface area contributed by atoms with Crippen LogP contribution < -0.4 is 5.73 Å². The predicted molar refractivity (Wildman–Crippen MR) is 64.1 cm³/mol. The maximum Gasteiger partial charge on any atom is 0.523 e. The molecule has 0 saturated carbocycles. The summed E-state index contributed by atoms with van der Waals surface area (Å²) in [6.45, 7) is 1.67. The van der Waals surface area contributed by atoms with Gasteiger partial charge in [-0.25, -0.2) is 0 Å². The van der Waals surface area contributed by atoms with Crippen LogP contribution in [0.1, 0.15) is 25.3 Å². The summed E-state index contributed by atoms with van der Waals surface area (Å²) in [6, 6.07) is 8.36. The summed E-state index contributed by atoms with van der Waals surface area (Å²) >= 11 is 0. The van der Waals surface area contributed by atoms with Crippen LogP contribution in [0.25, 0.3) is 0 Å². The SMILES string of the molecule is CCCC(Cc1ccccc1)(OC(F)(F)F)C(N)=O. The number of hydrogen-bond acceptors (Lipinski definition) is 2. The third-order valence-corrected chi connectivity index (χ3v) is 2.75. The molecule has 1 unspecified atom stereocenters. The summed E-state index contributed by atoms with van der Waals surface area (Å²) in [5.41, 5.74) is 3.67. The molecular formula is C13H16F3NO2. The molecule has 0 aromatic heterocycles. The first-order valence-electron chi connectivity index (χ1n) is 5.90. The van der Waals surface area contributed by atoms with E-state index in [2.05, 4.69) is 4.74 Å². The fraction of sp³-hybridized carbons (Fsp3) is 0.462. The second-order valence-electron chi connectivity index (χ2n) is 4.32. The van der Waals surface area contributed by atoms with Gasteiger partial charge in [-0.05, 0) is 12.0 Å². The van der Waals surface area contributed by atoms with Crippen LogP contribution in [-0.4, -0.2) is 17.9 Å². The van der Waals surface area contributed by atoms with E-state index in [-0.39, 0.29) is 12.8 Å². The Morgan fingerprint density at radius 2 is 1.84 bits per heavy atom. The van der Waals surface area contributed by atoms with Crippen molar-refractivity contribution < 1.29 is 22.7 Å². The Morgan fingerprint density at radius 1 is 1.26 bits per heavy atom. The lowest BCUT2D eigenvalue weighted by Crippen LogP contribution is -2.51. The average molecular weight is 275 g/mol. The van der Waals surface area contributed by atoms with Gasteiger partial charge < -0.3 is 5.73 Å². The van der Waals surface area contributed by atoms with Gasteiger partial charge in [-0.15, -0.1) is 13.2 Å². The predicted octanol–water partition coefficient (Wildman–Crippen LogP) is 2.79. The molecule has 1 amide bonds. The Hall–Kier alpha value is -1.56.